The average Bonchev–Trinajstić information content (AvgIpc) is 2.40. The maximum atomic E-state index is 12.3. The fourth-order valence-corrected chi connectivity index (χ4v) is 3.94. The van der Waals surface area contributed by atoms with Crippen LogP contribution < -0.4 is 0 Å². The molecule has 2 unspecified atom stereocenters. The Morgan fingerprint density at radius 2 is 2.10 bits per heavy atom. The standard InChI is InChI=1S/C13H19ClNO4P/c1-3-5-6-13(20(18,19)4-2)10-7-8-11(14)12(9-10)15(16)17/h7-9,13H,3-6H2,1-2H3,(H,18,19). The lowest BCUT2D eigenvalue weighted by Crippen LogP contribution is -2.03. The first-order valence-corrected chi connectivity index (χ1v) is 8.88. The predicted molar refractivity (Wildman–Crippen MR) is 80.7 cm³/mol. The Hall–Kier alpha value is -0.900. The zero-order chi connectivity index (χ0) is 15.3. The van der Waals surface area contributed by atoms with Crippen molar-refractivity contribution in [1.82, 2.24) is 0 Å². The van der Waals surface area contributed by atoms with Gasteiger partial charge in [-0.1, -0.05) is 44.4 Å². The van der Waals surface area contributed by atoms with Crippen LogP contribution in [0.5, 0.6) is 0 Å². The second-order valence-corrected chi connectivity index (χ2v) is 7.87. The van der Waals surface area contributed by atoms with Gasteiger partial charge in [-0.15, -0.1) is 0 Å². The first kappa shape index (κ1) is 17.2. The van der Waals surface area contributed by atoms with Crippen molar-refractivity contribution in [2.24, 2.45) is 0 Å². The largest absolute Gasteiger partial charge is 0.344 e. The first-order valence-electron chi connectivity index (χ1n) is 6.58. The van der Waals surface area contributed by atoms with Gasteiger partial charge in [0.05, 0.1) is 10.6 Å². The van der Waals surface area contributed by atoms with Gasteiger partial charge >= 0.3 is 0 Å². The fraction of sp³-hybridized carbons (Fsp3) is 0.538. The fourth-order valence-electron chi connectivity index (χ4n) is 2.10. The Bertz CT molecular complexity index is 535. The number of hydrogen-bond acceptors (Lipinski definition) is 3. The Kier molecular flexibility index (Phi) is 6.18. The molecule has 0 aliphatic rings. The second kappa shape index (κ2) is 7.21. The molecule has 0 aliphatic heterocycles. The lowest BCUT2D eigenvalue weighted by Gasteiger charge is -2.22. The van der Waals surface area contributed by atoms with Crippen LogP contribution in [0.25, 0.3) is 0 Å². The molecule has 0 saturated heterocycles. The highest BCUT2D eigenvalue weighted by molar-refractivity contribution is 7.58. The molecule has 5 nitrogen and oxygen atoms in total. The predicted octanol–water partition coefficient (Wildman–Crippen LogP) is 4.77. The van der Waals surface area contributed by atoms with Crippen molar-refractivity contribution in [3.63, 3.8) is 0 Å². The SMILES string of the molecule is CCCCC(c1ccc(Cl)c([N+](=O)[O-])c1)P(=O)(O)CC. The summed E-state index contributed by atoms with van der Waals surface area (Å²) in [6, 6.07) is 4.35. The highest BCUT2D eigenvalue weighted by Gasteiger charge is 2.31. The number of unbranched alkanes of at least 4 members (excludes halogenated alkanes) is 1. The third kappa shape index (κ3) is 4.05. The van der Waals surface area contributed by atoms with Gasteiger partial charge in [-0.05, 0) is 18.1 Å². The van der Waals surface area contributed by atoms with E-state index in [1.54, 1.807) is 13.0 Å². The number of halogens is 1. The molecule has 0 saturated carbocycles. The number of hydrogen-bond donors (Lipinski definition) is 1. The summed E-state index contributed by atoms with van der Waals surface area (Å²) in [6.45, 7) is 3.65. The number of benzene rings is 1. The van der Waals surface area contributed by atoms with Crippen LogP contribution >= 0.6 is 19.0 Å². The molecule has 0 spiro atoms. The summed E-state index contributed by atoms with van der Waals surface area (Å²) < 4.78 is 12.3. The van der Waals surface area contributed by atoms with Crippen LogP contribution in [0.3, 0.4) is 0 Å². The highest BCUT2D eigenvalue weighted by Crippen LogP contribution is 2.57. The lowest BCUT2D eigenvalue weighted by atomic mass is 10.1. The number of rotatable bonds is 7. The van der Waals surface area contributed by atoms with Gasteiger partial charge in [0.2, 0.25) is 7.37 Å². The quantitative estimate of drug-likeness (QED) is 0.446. The minimum absolute atomic E-state index is 0.0391. The Labute approximate surface area is 123 Å². The summed E-state index contributed by atoms with van der Waals surface area (Å²) >= 11 is 5.78. The Balaban J connectivity index is 3.24. The minimum Gasteiger partial charge on any atom is -0.344 e. The maximum absolute atomic E-state index is 12.3. The van der Waals surface area contributed by atoms with E-state index in [4.69, 9.17) is 11.6 Å². The summed E-state index contributed by atoms with van der Waals surface area (Å²) in [4.78, 5) is 20.5. The molecule has 0 aliphatic carbocycles. The highest BCUT2D eigenvalue weighted by atomic mass is 35.5. The summed E-state index contributed by atoms with van der Waals surface area (Å²) in [5.41, 5.74) is -0.271. The molecule has 1 aromatic rings. The van der Waals surface area contributed by atoms with Gasteiger partial charge in [0.15, 0.2) is 0 Å². The van der Waals surface area contributed by atoms with Gasteiger partial charge in [-0.2, -0.15) is 0 Å². The van der Waals surface area contributed by atoms with Crippen molar-refractivity contribution in [3.05, 3.63) is 38.9 Å². The Morgan fingerprint density at radius 1 is 1.45 bits per heavy atom. The molecule has 112 valence electrons. The monoisotopic (exact) mass is 319 g/mol. The van der Waals surface area contributed by atoms with E-state index >= 15 is 0 Å². The third-order valence-corrected chi connectivity index (χ3v) is 6.08. The van der Waals surface area contributed by atoms with Gasteiger partial charge in [0.25, 0.3) is 5.69 Å². The van der Waals surface area contributed by atoms with Crippen molar-refractivity contribution in [2.75, 3.05) is 6.16 Å². The van der Waals surface area contributed by atoms with Crippen LogP contribution in [0.2, 0.25) is 5.02 Å². The number of nitrogens with zero attached hydrogens (tertiary/aromatic N) is 1. The van der Waals surface area contributed by atoms with E-state index in [2.05, 4.69) is 0 Å². The van der Waals surface area contributed by atoms with E-state index in [-0.39, 0.29) is 16.9 Å². The number of nitro groups is 1. The summed E-state index contributed by atoms with van der Waals surface area (Å²) in [5, 5.41) is 11.0. The molecular weight excluding hydrogens is 301 g/mol. The summed E-state index contributed by atoms with van der Waals surface area (Å²) in [6.07, 6.45) is 2.39. The van der Waals surface area contributed by atoms with Gasteiger partial charge in [-0.3, -0.25) is 14.7 Å². The molecule has 1 aromatic carbocycles. The molecule has 0 aromatic heterocycles. The third-order valence-electron chi connectivity index (χ3n) is 3.32. The van der Waals surface area contributed by atoms with Gasteiger partial charge in [-0.25, -0.2) is 0 Å². The van der Waals surface area contributed by atoms with Crippen LogP contribution in [0.1, 0.15) is 44.3 Å². The molecular formula is C13H19ClNO4P. The van der Waals surface area contributed by atoms with Crippen LogP contribution in [-0.2, 0) is 4.57 Å². The minimum atomic E-state index is -3.37. The topological polar surface area (TPSA) is 80.4 Å². The summed E-state index contributed by atoms with van der Waals surface area (Å²) in [5.74, 6) is 0. The smallest absolute Gasteiger partial charge is 0.288 e. The maximum Gasteiger partial charge on any atom is 0.288 e. The van der Waals surface area contributed by atoms with Crippen molar-refractivity contribution in [3.8, 4) is 0 Å². The molecule has 20 heavy (non-hydrogen) atoms. The van der Waals surface area contributed by atoms with Gasteiger partial charge in [0, 0.05) is 12.2 Å². The van der Waals surface area contributed by atoms with Crippen LogP contribution in [0.15, 0.2) is 18.2 Å². The zero-order valence-electron chi connectivity index (χ0n) is 11.6. The van der Waals surface area contributed by atoms with Crippen LogP contribution in [0, 0.1) is 10.1 Å². The van der Waals surface area contributed by atoms with Crippen molar-refractivity contribution in [1.29, 1.82) is 0 Å². The van der Waals surface area contributed by atoms with Gasteiger partial charge < -0.3 is 4.89 Å². The molecule has 7 heteroatoms. The van der Waals surface area contributed by atoms with E-state index in [1.165, 1.54) is 12.1 Å². The van der Waals surface area contributed by atoms with Crippen LogP contribution in [0.4, 0.5) is 5.69 Å². The molecule has 2 atom stereocenters. The number of nitro benzene ring substituents is 1. The molecule has 0 fully saturated rings. The molecule has 1 N–H and O–H groups in total. The Morgan fingerprint density at radius 3 is 2.60 bits per heavy atom. The van der Waals surface area contributed by atoms with E-state index in [0.717, 1.165) is 12.8 Å². The first-order chi connectivity index (χ1) is 9.33. The molecule has 0 bridgehead atoms. The van der Waals surface area contributed by atoms with Crippen molar-refractivity contribution >= 4 is 24.7 Å². The van der Waals surface area contributed by atoms with Crippen molar-refractivity contribution in [2.45, 2.75) is 38.8 Å². The second-order valence-electron chi connectivity index (χ2n) is 4.70. The average molecular weight is 320 g/mol. The molecule has 1 rings (SSSR count). The van der Waals surface area contributed by atoms with E-state index in [9.17, 15) is 19.6 Å². The van der Waals surface area contributed by atoms with Gasteiger partial charge in [0.1, 0.15) is 5.02 Å². The lowest BCUT2D eigenvalue weighted by molar-refractivity contribution is -0.384. The van der Waals surface area contributed by atoms with E-state index in [0.29, 0.717) is 12.0 Å². The normalized spacial score (nSPS) is 15.6. The van der Waals surface area contributed by atoms with E-state index in [1.807, 2.05) is 6.92 Å². The molecule has 0 heterocycles. The summed E-state index contributed by atoms with van der Waals surface area (Å²) in [7, 11) is -3.37. The van der Waals surface area contributed by atoms with E-state index < -0.39 is 18.0 Å². The van der Waals surface area contributed by atoms with Crippen LogP contribution in [-0.4, -0.2) is 16.0 Å². The molecule has 0 radical (unpaired) electrons. The molecule has 0 amide bonds. The van der Waals surface area contributed by atoms with Crippen molar-refractivity contribution < 1.29 is 14.4 Å². The zero-order valence-corrected chi connectivity index (χ0v) is 13.2.